The number of aromatic nitrogens is 1. The minimum Gasteiger partial charge on any atom is -0.390 e. The van der Waals surface area contributed by atoms with E-state index in [1.54, 1.807) is 0 Å². The highest BCUT2D eigenvalue weighted by molar-refractivity contribution is 5.79. The molecule has 2 aromatic carbocycles. The number of aliphatic hydroxyl groups is 1. The topological polar surface area (TPSA) is 37.2 Å². The van der Waals surface area contributed by atoms with Crippen molar-refractivity contribution in [3.63, 3.8) is 0 Å². The lowest BCUT2D eigenvalue weighted by atomic mass is 10.2. The van der Waals surface area contributed by atoms with Gasteiger partial charge in [0.15, 0.2) is 0 Å². The molecule has 3 nitrogen and oxygen atoms in total. The number of rotatable bonds is 6. The lowest BCUT2D eigenvalue weighted by Gasteiger charge is -2.14. The van der Waals surface area contributed by atoms with Crippen molar-refractivity contribution in [3.05, 3.63) is 72.4 Å². The van der Waals surface area contributed by atoms with Crippen LogP contribution in [0.15, 0.2) is 66.9 Å². The van der Waals surface area contributed by atoms with Crippen LogP contribution in [0.4, 0.5) is 0 Å². The highest BCUT2D eigenvalue weighted by Gasteiger charge is 2.07. The second-order valence-corrected chi connectivity index (χ2v) is 5.30. The molecule has 2 N–H and O–H groups in total. The molecule has 3 heteroatoms. The van der Waals surface area contributed by atoms with Gasteiger partial charge >= 0.3 is 0 Å². The second kappa shape index (κ2) is 6.57. The molecule has 0 aliphatic heterocycles. The molecule has 0 saturated heterocycles. The smallest absolute Gasteiger partial charge is 0.0843 e. The van der Waals surface area contributed by atoms with Crippen LogP contribution in [0.1, 0.15) is 5.56 Å². The predicted molar refractivity (Wildman–Crippen MR) is 86.1 cm³/mol. The largest absolute Gasteiger partial charge is 0.390 e. The summed E-state index contributed by atoms with van der Waals surface area (Å²) in [5, 5.41) is 14.7. The van der Waals surface area contributed by atoms with Crippen LogP contribution >= 0.6 is 0 Å². The van der Waals surface area contributed by atoms with Crippen molar-refractivity contribution >= 4 is 10.9 Å². The molecule has 1 aromatic heterocycles. The standard InChI is InChI=1S/C18H20N2O/c21-17(13-19-12-15-6-2-1-3-7-15)14-20-11-10-16-8-4-5-9-18(16)20/h1-11,17,19,21H,12-14H2. The van der Waals surface area contributed by atoms with E-state index in [9.17, 15) is 5.11 Å². The number of fused-ring (bicyclic) bond motifs is 1. The summed E-state index contributed by atoms with van der Waals surface area (Å²) in [6, 6.07) is 20.5. The van der Waals surface area contributed by atoms with Gasteiger partial charge in [0.1, 0.15) is 0 Å². The van der Waals surface area contributed by atoms with Crippen molar-refractivity contribution in [2.75, 3.05) is 6.54 Å². The minimum atomic E-state index is -0.399. The maximum Gasteiger partial charge on any atom is 0.0843 e. The van der Waals surface area contributed by atoms with Gasteiger partial charge in [0, 0.05) is 31.3 Å². The van der Waals surface area contributed by atoms with Crippen LogP contribution < -0.4 is 5.32 Å². The highest BCUT2D eigenvalue weighted by atomic mass is 16.3. The lowest BCUT2D eigenvalue weighted by molar-refractivity contribution is 0.152. The molecule has 108 valence electrons. The number of benzene rings is 2. The van der Waals surface area contributed by atoms with E-state index in [0.717, 1.165) is 6.54 Å². The Morgan fingerprint density at radius 2 is 1.71 bits per heavy atom. The molecule has 0 saturated carbocycles. The quantitative estimate of drug-likeness (QED) is 0.728. The first-order chi connectivity index (χ1) is 10.3. The molecule has 0 bridgehead atoms. The molecule has 3 rings (SSSR count). The maximum atomic E-state index is 10.2. The zero-order valence-corrected chi connectivity index (χ0v) is 11.9. The fraction of sp³-hybridized carbons (Fsp3) is 0.222. The molecule has 0 fully saturated rings. The normalized spacial score (nSPS) is 12.6. The molecule has 3 aromatic rings. The average Bonchev–Trinajstić information content (AvgIpc) is 2.92. The van der Waals surface area contributed by atoms with Gasteiger partial charge in [-0.05, 0) is 23.1 Å². The van der Waals surface area contributed by atoms with Crippen molar-refractivity contribution in [1.82, 2.24) is 9.88 Å². The van der Waals surface area contributed by atoms with Crippen molar-refractivity contribution < 1.29 is 5.11 Å². The summed E-state index contributed by atoms with van der Waals surface area (Å²) in [5.41, 5.74) is 2.40. The molecule has 21 heavy (non-hydrogen) atoms. The van der Waals surface area contributed by atoms with Crippen LogP contribution in [0, 0.1) is 0 Å². The van der Waals surface area contributed by atoms with E-state index in [4.69, 9.17) is 0 Å². The third-order valence-corrected chi connectivity index (χ3v) is 3.64. The Hall–Kier alpha value is -2.10. The van der Waals surface area contributed by atoms with E-state index in [1.165, 1.54) is 16.5 Å². The first-order valence-corrected chi connectivity index (χ1v) is 7.29. The number of aliphatic hydroxyl groups excluding tert-OH is 1. The van der Waals surface area contributed by atoms with Crippen LogP contribution in [-0.4, -0.2) is 22.3 Å². The van der Waals surface area contributed by atoms with Gasteiger partial charge in [-0.1, -0.05) is 48.5 Å². The van der Waals surface area contributed by atoms with Gasteiger partial charge in [-0.15, -0.1) is 0 Å². The highest BCUT2D eigenvalue weighted by Crippen LogP contribution is 2.15. The number of nitrogens with zero attached hydrogens (tertiary/aromatic N) is 1. The first kappa shape index (κ1) is 13.9. The van der Waals surface area contributed by atoms with Crippen molar-refractivity contribution in [2.24, 2.45) is 0 Å². The van der Waals surface area contributed by atoms with E-state index in [-0.39, 0.29) is 0 Å². The van der Waals surface area contributed by atoms with Gasteiger partial charge in [0.2, 0.25) is 0 Å². The molecule has 0 aliphatic rings. The predicted octanol–water partition coefficient (Wildman–Crippen LogP) is 2.79. The summed E-state index contributed by atoms with van der Waals surface area (Å²) >= 11 is 0. The van der Waals surface area contributed by atoms with E-state index >= 15 is 0 Å². The van der Waals surface area contributed by atoms with Gasteiger partial charge in [-0.3, -0.25) is 0 Å². The Bertz CT molecular complexity index is 691. The Morgan fingerprint density at radius 3 is 2.57 bits per heavy atom. The molecule has 1 heterocycles. The zero-order valence-electron chi connectivity index (χ0n) is 11.9. The molecule has 1 unspecified atom stereocenters. The van der Waals surface area contributed by atoms with Gasteiger partial charge in [0.25, 0.3) is 0 Å². The van der Waals surface area contributed by atoms with Crippen molar-refractivity contribution in [3.8, 4) is 0 Å². The number of hydrogen-bond donors (Lipinski definition) is 2. The molecular formula is C18H20N2O. The van der Waals surface area contributed by atoms with Crippen LogP contribution in [0.25, 0.3) is 10.9 Å². The minimum absolute atomic E-state index is 0.399. The third kappa shape index (κ3) is 3.51. The van der Waals surface area contributed by atoms with Crippen LogP contribution in [0.3, 0.4) is 0 Å². The Morgan fingerprint density at radius 1 is 0.952 bits per heavy atom. The van der Waals surface area contributed by atoms with Gasteiger partial charge < -0.3 is 15.0 Å². The van der Waals surface area contributed by atoms with Gasteiger partial charge in [0.05, 0.1) is 6.10 Å². The van der Waals surface area contributed by atoms with Crippen molar-refractivity contribution in [1.29, 1.82) is 0 Å². The third-order valence-electron chi connectivity index (χ3n) is 3.64. The van der Waals surface area contributed by atoms with E-state index in [2.05, 4.69) is 40.2 Å². The Balaban J connectivity index is 1.53. The van der Waals surface area contributed by atoms with E-state index in [0.29, 0.717) is 13.1 Å². The fourth-order valence-electron chi connectivity index (χ4n) is 2.57. The lowest BCUT2D eigenvalue weighted by Crippen LogP contribution is -2.29. The maximum absolute atomic E-state index is 10.2. The summed E-state index contributed by atoms with van der Waals surface area (Å²) in [6.07, 6.45) is 1.63. The number of nitrogens with one attached hydrogen (secondary N) is 1. The summed E-state index contributed by atoms with van der Waals surface area (Å²) in [7, 11) is 0. The summed E-state index contributed by atoms with van der Waals surface area (Å²) in [4.78, 5) is 0. The number of para-hydroxylation sites is 1. The monoisotopic (exact) mass is 280 g/mol. The van der Waals surface area contributed by atoms with Crippen LogP contribution in [0.2, 0.25) is 0 Å². The Labute approximate surface area is 124 Å². The molecular weight excluding hydrogens is 260 g/mol. The van der Waals surface area contributed by atoms with Gasteiger partial charge in [-0.25, -0.2) is 0 Å². The molecule has 0 aliphatic carbocycles. The SMILES string of the molecule is OC(CNCc1ccccc1)Cn1ccc2ccccc21. The first-order valence-electron chi connectivity index (χ1n) is 7.29. The van der Waals surface area contributed by atoms with Crippen LogP contribution in [0.5, 0.6) is 0 Å². The van der Waals surface area contributed by atoms with E-state index < -0.39 is 6.10 Å². The molecule has 1 atom stereocenters. The number of hydrogen-bond acceptors (Lipinski definition) is 2. The fourth-order valence-corrected chi connectivity index (χ4v) is 2.57. The second-order valence-electron chi connectivity index (χ2n) is 5.30. The molecule has 0 radical (unpaired) electrons. The van der Waals surface area contributed by atoms with Crippen LogP contribution in [-0.2, 0) is 13.1 Å². The summed E-state index contributed by atoms with van der Waals surface area (Å²) < 4.78 is 2.10. The zero-order chi connectivity index (χ0) is 14.5. The summed E-state index contributed by atoms with van der Waals surface area (Å²) in [5.74, 6) is 0. The van der Waals surface area contributed by atoms with Crippen molar-refractivity contribution in [2.45, 2.75) is 19.2 Å². The average molecular weight is 280 g/mol. The summed E-state index contributed by atoms with van der Waals surface area (Å²) in [6.45, 7) is 1.97. The Kier molecular flexibility index (Phi) is 4.34. The molecule has 0 spiro atoms. The van der Waals surface area contributed by atoms with Gasteiger partial charge in [-0.2, -0.15) is 0 Å². The van der Waals surface area contributed by atoms with E-state index in [1.807, 2.05) is 36.5 Å². The molecule has 0 amide bonds.